The van der Waals surface area contributed by atoms with Crippen molar-refractivity contribution in [2.24, 2.45) is 11.7 Å². The number of ether oxygens (including phenoxy) is 1. The molecule has 0 radical (unpaired) electrons. The van der Waals surface area contributed by atoms with Crippen LogP contribution in [0.1, 0.15) is 18.1 Å². The average Bonchev–Trinajstić information content (AvgIpc) is 3.02. The predicted octanol–water partition coefficient (Wildman–Crippen LogP) is 2.09. The van der Waals surface area contributed by atoms with Crippen LogP contribution in [0.15, 0.2) is 48.5 Å². The summed E-state index contributed by atoms with van der Waals surface area (Å²) in [7, 11) is 0. The van der Waals surface area contributed by atoms with E-state index in [1.54, 1.807) is 6.07 Å². The molecule has 3 rings (SSSR count). The van der Waals surface area contributed by atoms with Gasteiger partial charge in [0.15, 0.2) is 0 Å². The molecule has 140 valence electrons. The number of hydrogen-bond donors (Lipinski definition) is 1. The van der Waals surface area contributed by atoms with Crippen LogP contribution < -0.4 is 10.6 Å². The number of anilines is 1. The zero-order valence-electron chi connectivity index (χ0n) is 14.1. The summed E-state index contributed by atoms with van der Waals surface area (Å²) in [5.41, 5.74) is 5.57. The molecule has 1 heterocycles. The Hall–Kier alpha value is -3.29. The third kappa shape index (κ3) is 3.94. The van der Waals surface area contributed by atoms with Crippen molar-refractivity contribution in [1.82, 2.24) is 0 Å². The fourth-order valence-electron chi connectivity index (χ4n) is 2.91. The van der Waals surface area contributed by atoms with Gasteiger partial charge in [-0.3, -0.25) is 14.4 Å². The number of esters is 1. The van der Waals surface area contributed by atoms with Crippen LogP contribution in [0.2, 0.25) is 0 Å². The van der Waals surface area contributed by atoms with Crippen LogP contribution in [0.25, 0.3) is 0 Å². The fraction of sp³-hybridized carbons (Fsp3) is 0.211. The third-order valence-corrected chi connectivity index (χ3v) is 4.27. The molecule has 2 amide bonds. The summed E-state index contributed by atoms with van der Waals surface area (Å²) in [5.74, 6) is -4.14. The predicted molar refractivity (Wildman–Crippen MR) is 91.3 cm³/mol. The first-order chi connectivity index (χ1) is 12.9. The van der Waals surface area contributed by atoms with Crippen LogP contribution in [0.5, 0.6) is 0 Å². The number of primary amides is 1. The Morgan fingerprint density at radius 2 is 1.78 bits per heavy atom. The van der Waals surface area contributed by atoms with Crippen molar-refractivity contribution >= 4 is 23.5 Å². The molecule has 1 aliphatic rings. The van der Waals surface area contributed by atoms with Gasteiger partial charge in [0.2, 0.25) is 12.0 Å². The van der Waals surface area contributed by atoms with Crippen molar-refractivity contribution in [3.63, 3.8) is 0 Å². The lowest BCUT2D eigenvalue weighted by Crippen LogP contribution is -2.31. The first kappa shape index (κ1) is 18.5. The number of para-hydroxylation sites is 1. The highest BCUT2D eigenvalue weighted by molar-refractivity contribution is 5.99. The van der Waals surface area contributed by atoms with Gasteiger partial charge in [-0.15, -0.1) is 0 Å². The van der Waals surface area contributed by atoms with Gasteiger partial charge in [0, 0.05) is 18.5 Å². The highest BCUT2D eigenvalue weighted by atomic mass is 19.1. The number of amides is 2. The van der Waals surface area contributed by atoms with Crippen LogP contribution in [0.4, 0.5) is 14.5 Å². The van der Waals surface area contributed by atoms with Gasteiger partial charge in [-0.2, -0.15) is 0 Å². The number of hydrogen-bond acceptors (Lipinski definition) is 4. The van der Waals surface area contributed by atoms with Gasteiger partial charge in [0.25, 0.3) is 5.91 Å². The Labute approximate surface area is 153 Å². The smallest absolute Gasteiger partial charge is 0.312 e. The number of carbonyl (C=O) groups excluding carboxylic acids is 3. The zero-order chi connectivity index (χ0) is 19.6. The molecule has 2 atom stereocenters. The number of nitrogens with zero attached hydrogens (tertiary/aromatic N) is 1. The van der Waals surface area contributed by atoms with E-state index >= 15 is 0 Å². The summed E-state index contributed by atoms with van der Waals surface area (Å²) in [6.45, 7) is -0.0759. The molecule has 2 aromatic rings. The summed E-state index contributed by atoms with van der Waals surface area (Å²) in [6, 6.07) is 10.5. The summed E-state index contributed by atoms with van der Waals surface area (Å²) >= 11 is 0. The van der Waals surface area contributed by atoms with Crippen LogP contribution in [0.3, 0.4) is 0 Å². The second kappa shape index (κ2) is 7.53. The van der Waals surface area contributed by atoms with E-state index in [9.17, 15) is 23.2 Å². The van der Waals surface area contributed by atoms with E-state index in [0.717, 1.165) is 12.1 Å². The molecule has 1 saturated heterocycles. The van der Waals surface area contributed by atoms with Crippen molar-refractivity contribution in [2.75, 3.05) is 11.4 Å². The van der Waals surface area contributed by atoms with Gasteiger partial charge in [0.1, 0.15) is 11.6 Å². The Kier molecular flexibility index (Phi) is 5.16. The topological polar surface area (TPSA) is 89.7 Å². The zero-order valence-corrected chi connectivity index (χ0v) is 14.1. The lowest BCUT2D eigenvalue weighted by Gasteiger charge is -2.19. The second-order valence-electron chi connectivity index (χ2n) is 6.13. The minimum atomic E-state index is -1.41. The molecule has 27 heavy (non-hydrogen) atoms. The van der Waals surface area contributed by atoms with Crippen LogP contribution in [-0.4, -0.2) is 24.3 Å². The van der Waals surface area contributed by atoms with Gasteiger partial charge >= 0.3 is 5.97 Å². The lowest BCUT2D eigenvalue weighted by atomic mass is 10.1. The van der Waals surface area contributed by atoms with Crippen LogP contribution in [-0.2, 0) is 19.1 Å². The molecule has 2 N–H and O–H groups in total. The molecule has 0 unspecified atom stereocenters. The number of carbonyl (C=O) groups is 3. The van der Waals surface area contributed by atoms with Gasteiger partial charge in [-0.25, -0.2) is 8.78 Å². The fourth-order valence-corrected chi connectivity index (χ4v) is 2.91. The minimum absolute atomic E-state index is 0.0720. The summed E-state index contributed by atoms with van der Waals surface area (Å²) in [4.78, 5) is 37.4. The molecule has 1 fully saturated rings. The van der Waals surface area contributed by atoms with Gasteiger partial charge in [0.05, 0.1) is 11.6 Å². The number of nitrogens with two attached hydrogens (primary N) is 1. The highest BCUT2D eigenvalue weighted by Gasteiger charge is 2.38. The number of halogens is 2. The van der Waals surface area contributed by atoms with Gasteiger partial charge in [-0.1, -0.05) is 24.3 Å². The van der Waals surface area contributed by atoms with Gasteiger partial charge < -0.3 is 15.4 Å². The standard InChI is InChI=1S/C19H16F2N2O4/c20-13-7-5-11(6-8-13)17(18(22)25)27-19(26)12-9-16(24)23(10-12)15-4-2-1-3-14(15)21/h1-8,12,17H,9-10H2,(H2,22,25)/t12-,17-/m1/s1. The van der Waals surface area contributed by atoms with Gasteiger partial charge in [-0.05, 0) is 24.3 Å². The molecule has 8 heteroatoms. The van der Waals surface area contributed by atoms with E-state index < -0.39 is 41.4 Å². The molecular weight excluding hydrogens is 358 g/mol. The maximum Gasteiger partial charge on any atom is 0.312 e. The third-order valence-electron chi connectivity index (χ3n) is 4.27. The molecule has 2 aromatic carbocycles. The van der Waals surface area contributed by atoms with Crippen molar-refractivity contribution in [3.05, 3.63) is 65.7 Å². The van der Waals surface area contributed by atoms with Crippen molar-refractivity contribution in [3.8, 4) is 0 Å². The maximum atomic E-state index is 13.9. The van der Waals surface area contributed by atoms with Crippen LogP contribution in [0, 0.1) is 17.6 Å². The molecule has 1 aliphatic heterocycles. The second-order valence-corrected chi connectivity index (χ2v) is 6.13. The van der Waals surface area contributed by atoms with Crippen molar-refractivity contribution in [1.29, 1.82) is 0 Å². The monoisotopic (exact) mass is 374 g/mol. The van der Waals surface area contributed by atoms with E-state index in [4.69, 9.17) is 10.5 Å². The van der Waals surface area contributed by atoms with E-state index in [1.165, 1.54) is 35.2 Å². The molecule has 0 aliphatic carbocycles. The molecule has 0 saturated carbocycles. The highest BCUT2D eigenvalue weighted by Crippen LogP contribution is 2.29. The Morgan fingerprint density at radius 3 is 2.41 bits per heavy atom. The maximum absolute atomic E-state index is 13.9. The lowest BCUT2D eigenvalue weighted by molar-refractivity contribution is -0.159. The summed E-state index contributed by atoms with van der Waals surface area (Å²) in [5, 5.41) is 0. The van der Waals surface area contributed by atoms with Crippen LogP contribution >= 0.6 is 0 Å². The Balaban J connectivity index is 1.74. The van der Waals surface area contributed by atoms with E-state index in [1.807, 2.05) is 0 Å². The SMILES string of the molecule is NC(=O)[C@H](OC(=O)[C@@H]1CC(=O)N(c2ccccc2F)C1)c1ccc(F)cc1. The first-order valence-corrected chi connectivity index (χ1v) is 8.17. The minimum Gasteiger partial charge on any atom is -0.447 e. The summed E-state index contributed by atoms with van der Waals surface area (Å²) < 4.78 is 32.1. The largest absolute Gasteiger partial charge is 0.447 e. The Morgan fingerprint density at radius 1 is 1.11 bits per heavy atom. The molecule has 6 nitrogen and oxygen atoms in total. The van der Waals surface area contributed by atoms with E-state index in [2.05, 4.69) is 0 Å². The van der Waals surface area contributed by atoms with Crippen molar-refractivity contribution < 1.29 is 27.9 Å². The van der Waals surface area contributed by atoms with E-state index in [0.29, 0.717) is 0 Å². The van der Waals surface area contributed by atoms with E-state index in [-0.39, 0.29) is 24.2 Å². The number of rotatable bonds is 5. The van der Waals surface area contributed by atoms with Crippen molar-refractivity contribution in [2.45, 2.75) is 12.5 Å². The molecule has 0 aromatic heterocycles. The average molecular weight is 374 g/mol. The first-order valence-electron chi connectivity index (χ1n) is 8.17. The molecule has 0 spiro atoms. The normalized spacial score (nSPS) is 17.6. The quantitative estimate of drug-likeness (QED) is 0.812. The Bertz CT molecular complexity index is 886. The number of benzene rings is 2. The summed E-state index contributed by atoms with van der Waals surface area (Å²) in [6.07, 6.45) is -1.59. The molecule has 0 bridgehead atoms. The molecular formula is C19H16F2N2O4.